The summed E-state index contributed by atoms with van der Waals surface area (Å²) in [6, 6.07) is 16.7. The van der Waals surface area contributed by atoms with Crippen molar-refractivity contribution in [2.75, 3.05) is 45.2 Å². The first-order valence-electron chi connectivity index (χ1n) is 10.1. The van der Waals surface area contributed by atoms with Crippen LogP contribution in [-0.2, 0) is 4.79 Å². The second-order valence-corrected chi connectivity index (χ2v) is 7.76. The Kier molecular flexibility index (Phi) is 6.93. The number of benzene rings is 2. The Morgan fingerprint density at radius 2 is 1.79 bits per heavy atom. The SMILES string of the molecule is Cc1ccccc1OCC(=O)NC[C@H](c1ccc(N(C)C)cc1)[NH+]1CCCC1. The molecule has 3 rings (SSSR count). The van der Waals surface area contributed by atoms with Crippen LogP contribution in [0.2, 0.25) is 0 Å². The largest absolute Gasteiger partial charge is 0.484 e. The van der Waals surface area contributed by atoms with Gasteiger partial charge in [-0.2, -0.15) is 0 Å². The molecule has 2 aromatic carbocycles. The Morgan fingerprint density at radius 1 is 1.11 bits per heavy atom. The molecule has 0 saturated carbocycles. The fraction of sp³-hybridized carbons (Fsp3) is 0.435. The molecule has 2 N–H and O–H groups in total. The number of ether oxygens (including phenoxy) is 1. The van der Waals surface area contributed by atoms with Crippen LogP contribution in [0.4, 0.5) is 5.69 Å². The van der Waals surface area contributed by atoms with E-state index in [4.69, 9.17) is 4.74 Å². The van der Waals surface area contributed by atoms with Crippen molar-refractivity contribution in [3.8, 4) is 5.75 Å². The number of carbonyl (C=O) groups excluding carboxylic acids is 1. The number of anilines is 1. The first kappa shape index (κ1) is 20.2. The van der Waals surface area contributed by atoms with Crippen molar-refractivity contribution in [1.82, 2.24) is 5.32 Å². The maximum absolute atomic E-state index is 12.4. The van der Waals surface area contributed by atoms with Crippen molar-refractivity contribution < 1.29 is 14.4 Å². The van der Waals surface area contributed by atoms with Crippen LogP contribution in [0.25, 0.3) is 0 Å². The molecule has 0 aliphatic carbocycles. The smallest absolute Gasteiger partial charge is 0.258 e. The van der Waals surface area contributed by atoms with Crippen molar-refractivity contribution in [2.24, 2.45) is 0 Å². The van der Waals surface area contributed by atoms with Crippen LogP contribution in [-0.4, -0.2) is 46.2 Å². The number of amides is 1. The molecule has 0 radical (unpaired) electrons. The van der Waals surface area contributed by atoms with Crippen molar-refractivity contribution in [1.29, 1.82) is 0 Å². The molecular formula is C23H32N3O2+. The number of aryl methyl sites for hydroxylation is 1. The van der Waals surface area contributed by atoms with E-state index in [1.807, 2.05) is 45.3 Å². The van der Waals surface area contributed by atoms with Crippen molar-refractivity contribution in [3.05, 3.63) is 59.7 Å². The summed E-state index contributed by atoms with van der Waals surface area (Å²) < 4.78 is 5.68. The van der Waals surface area contributed by atoms with Crippen LogP contribution in [0.1, 0.15) is 30.0 Å². The van der Waals surface area contributed by atoms with Gasteiger partial charge in [-0.1, -0.05) is 30.3 Å². The van der Waals surface area contributed by atoms with Gasteiger partial charge in [0.1, 0.15) is 11.8 Å². The summed E-state index contributed by atoms with van der Waals surface area (Å²) in [6.07, 6.45) is 2.51. The monoisotopic (exact) mass is 382 g/mol. The number of nitrogens with zero attached hydrogens (tertiary/aromatic N) is 1. The fourth-order valence-corrected chi connectivity index (χ4v) is 3.81. The second-order valence-electron chi connectivity index (χ2n) is 7.76. The third-order valence-electron chi connectivity index (χ3n) is 5.51. The molecule has 1 aliphatic rings. The van der Waals surface area contributed by atoms with Gasteiger partial charge in [-0.25, -0.2) is 0 Å². The molecule has 1 saturated heterocycles. The molecular weight excluding hydrogens is 350 g/mol. The minimum atomic E-state index is -0.0724. The highest BCUT2D eigenvalue weighted by Gasteiger charge is 2.27. The van der Waals surface area contributed by atoms with Gasteiger partial charge in [0.25, 0.3) is 5.91 Å². The highest BCUT2D eigenvalue weighted by atomic mass is 16.5. The van der Waals surface area contributed by atoms with E-state index in [1.54, 1.807) is 4.90 Å². The molecule has 2 aromatic rings. The molecule has 1 amide bonds. The zero-order valence-electron chi connectivity index (χ0n) is 17.2. The van der Waals surface area contributed by atoms with Crippen molar-refractivity contribution >= 4 is 11.6 Å². The predicted octanol–water partition coefficient (Wildman–Crippen LogP) is 1.98. The molecule has 0 bridgehead atoms. The Balaban J connectivity index is 1.60. The van der Waals surface area contributed by atoms with E-state index < -0.39 is 0 Å². The normalized spacial score (nSPS) is 15.2. The Bertz CT molecular complexity index is 768. The number of nitrogens with one attached hydrogen (secondary N) is 2. The molecule has 28 heavy (non-hydrogen) atoms. The Hall–Kier alpha value is -2.53. The van der Waals surface area contributed by atoms with Gasteiger partial charge in [-0.05, 0) is 30.7 Å². The highest BCUT2D eigenvalue weighted by molar-refractivity contribution is 5.77. The standard InChI is InChI=1S/C23H31N3O2/c1-18-8-4-5-9-22(18)28-17-23(27)24-16-21(26-14-6-7-15-26)19-10-12-20(13-11-19)25(2)3/h4-5,8-13,21H,6-7,14-17H2,1-3H3,(H,24,27)/p+1/t21-/m1/s1. The lowest BCUT2D eigenvalue weighted by Crippen LogP contribution is -3.11. The average Bonchev–Trinajstić information content (AvgIpc) is 3.22. The summed E-state index contributed by atoms with van der Waals surface area (Å²) in [6.45, 7) is 4.99. The molecule has 1 atom stereocenters. The maximum atomic E-state index is 12.4. The molecule has 5 nitrogen and oxygen atoms in total. The summed E-state index contributed by atoms with van der Waals surface area (Å²) in [7, 11) is 4.10. The molecule has 5 heteroatoms. The van der Waals surface area contributed by atoms with Gasteiger partial charge in [0, 0.05) is 38.2 Å². The van der Waals surface area contributed by atoms with Crippen LogP contribution in [0.3, 0.4) is 0 Å². The van der Waals surface area contributed by atoms with E-state index in [1.165, 1.54) is 24.1 Å². The lowest BCUT2D eigenvalue weighted by molar-refractivity contribution is -0.918. The number of carbonyl (C=O) groups is 1. The quantitative estimate of drug-likeness (QED) is 0.734. The molecule has 0 aromatic heterocycles. The number of para-hydroxylation sites is 1. The lowest BCUT2D eigenvalue weighted by atomic mass is 10.0. The van der Waals surface area contributed by atoms with Crippen molar-refractivity contribution in [3.63, 3.8) is 0 Å². The third-order valence-corrected chi connectivity index (χ3v) is 5.51. The number of quaternary nitrogens is 1. The zero-order chi connectivity index (χ0) is 19.9. The Labute approximate surface area is 168 Å². The fourth-order valence-electron chi connectivity index (χ4n) is 3.81. The second kappa shape index (κ2) is 9.60. The Morgan fingerprint density at radius 3 is 2.43 bits per heavy atom. The summed E-state index contributed by atoms with van der Waals surface area (Å²) >= 11 is 0. The van der Waals surface area contributed by atoms with Gasteiger partial charge >= 0.3 is 0 Å². The first-order chi connectivity index (χ1) is 13.5. The van der Waals surface area contributed by atoms with Gasteiger partial charge < -0.3 is 19.9 Å². The highest BCUT2D eigenvalue weighted by Crippen LogP contribution is 2.18. The van der Waals surface area contributed by atoms with Gasteiger partial charge in [0.15, 0.2) is 6.61 Å². The minimum Gasteiger partial charge on any atom is -0.484 e. The van der Waals surface area contributed by atoms with Crippen LogP contribution in [0.5, 0.6) is 5.75 Å². The van der Waals surface area contributed by atoms with E-state index in [-0.39, 0.29) is 18.6 Å². The molecule has 0 spiro atoms. The van der Waals surface area contributed by atoms with E-state index in [0.717, 1.165) is 24.4 Å². The van der Waals surface area contributed by atoms with Crippen LogP contribution < -0.4 is 19.9 Å². The van der Waals surface area contributed by atoms with Gasteiger partial charge in [0.05, 0.1) is 19.6 Å². The summed E-state index contributed by atoms with van der Waals surface area (Å²) in [5, 5.41) is 3.09. The molecule has 1 aliphatic heterocycles. The minimum absolute atomic E-state index is 0.0481. The summed E-state index contributed by atoms with van der Waals surface area (Å²) in [5.74, 6) is 0.690. The average molecular weight is 383 g/mol. The van der Waals surface area contributed by atoms with Crippen molar-refractivity contribution in [2.45, 2.75) is 25.8 Å². The maximum Gasteiger partial charge on any atom is 0.258 e. The number of likely N-dealkylation sites (tertiary alicyclic amines) is 1. The number of hydrogen-bond donors (Lipinski definition) is 2. The topological polar surface area (TPSA) is 46.0 Å². The van der Waals surface area contributed by atoms with E-state index >= 15 is 0 Å². The van der Waals surface area contributed by atoms with Crippen LogP contribution in [0, 0.1) is 6.92 Å². The third kappa shape index (κ3) is 5.26. The molecule has 0 unspecified atom stereocenters. The zero-order valence-corrected chi connectivity index (χ0v) is 17.2. The summed E-state index contributed by atoms with van der Waals surface area (Å²) in [5.41, 5.74) is 3.51. The van der Waals surface area contributed by atoms with Crippen LogP contribution in [0.15, 0.2) is 48.5 Å². The lowest BCUT2D eigenvalue weighted by Gasteiger charge is -2.26. The predicted molar refractivity (Wildman–Crippen MR) is 113 cm³/mol. The van der Waals surface area contributed by atoms with Gasteiger partial charge in [-0.15, -0.1) is 0 Å². The first-order valence-corrected chi connectivity index (χ1v) is 10.1. The molecule has 1 heterocycles. The van der Waals surface area contributed by atoms with Gasteiger partial charge in [-0.3, -0.25) is 4.79 Å². The summed E-state index contributed by atoms with van der Waals surface area (Å²) in [4.78, 5) is 16.0. The molecule has 150 valence electrons. The molecule has 1 fully saturated rings. The van der Waals surface area contributed by atoms with E-state index in [0.29, 0.717) is 6.54 Å². The van der Waals surface area contributed by atoms with E-state index in [2.05, 4.69) is 34.5 Å². The van der Waals surface area contributed by atoms with E-state index in [9.17, 15) is 4.79 Å². The van der Waals surface area contributed by atoms with Crippen LogP contribution >= 0.6 is 0 Å². The number of hydrogen-bond acceptors (Lipinski definition) is 3. The van der Waals surface area contributed by atoms with Gasteiger partial charge in [0.2, 0.25) is 0 Å². The number of rotatable bonds is 8.